The number of fused-ring (bicyclic) bond motifs is 4. The molecule has 2 saturated heterocycles. The first-order valence-electron chi connectivity index (χ1n) is 10.2. The van der Waals surface area contributed by atoms with E-state index in [-0.39, 0.29) is 36.1 Å². The minimum atomic E-state index is -1.36. The van der Waals surface area contributed by atoms with Gasteiger partial charge >= 0.3 is 0 Å². The van der Waals surface area contributed by atoms with Gasteiger partial charge in [-0.2, -0.15) is 0 Å². The molecule has 160 valence electrons. The average Bonchev–Trinajstić information content (AvgIpc) is 3.31. The molecule has 0 radical (unpaired) electrons. The van der Waals surface area contributed by atoms with Gasteiger partial charge in [0.05, 0.1) is 18.4 Å². The maximum absolute atomic E-state index is 13.6. The number of nitrogens with zero attached hydrogens (tertiary/aromatic N) is 1. The van der Waals surface area contributed by atoms with Crippen molar-refractivity contribution in [1.29, 1.82) is 0 Å². The van der Waals surface area contributed by atoms with Crippen molar-refractivity contribution in [2.75, 3.05) is 5.32 Å². The molecular formula is C23H21ClFN3O3. The third-order valence-electron chi connectivity index (χ3n) is 6.68. The van der Waals surface area contributed by atoms with Gasteiger partial charge < -0.3 is 5.32 Å². The van der Waals surface area contributed by atoms with Gasteiger partial charge in [-0.3, -0.25) is 24.6 Å². The van der Waals surface area contributed by atoms with Crippen molar-refractivity contribution in [2.24, 2.45) is 17.8 Å². The predicted molar refractivity (Wildman–Crippen MR) is 112 cm³/mol. The molecule has 8 heteroatoms. The normalized spacial score (nSPS) is 29.1. The van der Waals surface area contributed by atoms with E-state index in [1.54, 1.807) is 30.3 Å². The fourth-order valence-corrected chi connectivity index (χ4v) is 5.44. The average molecular weight is 442 g/mol. The number of carbonyl (C=O) groups is 3. The fourth-order valence-electron chi connectivity index (χ4n) is 5.27. The molecule has 2 aromatic carbocycles. The highest BCUT2D eigenvalue weighted by Crippen LogP contribution is 2.54. The summed E-state index contributed by atoms with van der Waals surface area (Å²) in [5, 5.41) is 6.66. The monoisotopic (exact) mass is 441 g/mol. The van der Waals surface area contributed by atoms with Crippen LogP contribution in [0.25, 0.3) is 0 Å². The van der Waals surface area contributed by atoms with Crippen LogP contribution in [0.5, 0.6) is 0 Å². The van der Waals surface area contributed by atoms with Crippen molar-refractivity contribution in [3.8, 4) is 0 Å². The van der Waals surface area contributed by atoms with Gasteiger partial charge in [-0.05, 0) is 41.8 Å². The highest BCUT2D eigenvalue weighted by Gasteiger charge is 2.70. The molecule has 3 aliphatic heterocycles. The fraction of sp³-hybridized carbons (Fsp3) is 0.348. The molecule has 3 aliphatic rings. The summed E-state index contributed by atoms with van der Waals surface area (Å²) < 4.78 is 13.3. The van der Waals surface area contributed by atoms with Crippen molar-refractivity contribution in [2.45, 2.75) is 32.0 Å². The van der Waals surface area contributed by atoms with Gasteiger partial charge in [-0.15, -0.1) is 0 Å². The number of hydrogen-bond acceptors (Lipinski definition) is 4. The molecule has 0 aromatic heterocycles. The molecule has 0 bridgehead atoms. The largest absolute Gasteiger partial charge is 0.324 e. The minimum Gasteiger partial charge on any atom is -0.324 e. The van der Waals surface area contributed by atoms with Gasteiger partial charge in [0.25, 0.3) is 0 Å². The van der Waals surface area contributed by atoms with E-state index in [2.05, 4.69) is 10.6 Å². The number of likely N-dealkylation sites (tertiary alicyclic amines) is 1. The predicted octanol–water partition coefficient (Wildman–Crippen LogP) is 3.06. The Labute approximate surface area is 183 Å². The topological polar surface area (TPSA) is 78.5 Å². The molecule has 3 amide bonds. The van der Waals surface area contributed by atoms with E-state index < -0.39 is 23.3 Å². The molecule has 2 N–H and O–H groups in total. The van der Waals surface area contributed by atoms with E-state index in [9.17, 15) is 18.8 Å². The van der Waals surface area contributed by atoms with Crippen molar-refractivity contribution >= 4 is 35.0 Å². The Balaban J connectivity index is 1.61. The van der Waals surface area contributed by atoms with Crippen LogP contribution in [0.15, 0.2) is 42.5 Å². The Hall–Kier alpha value is -2.77. The Bertz CT molecular complexity index is 1120. The van der Waals surface area contributed by atoms with Gasteiger partial charge in [0.15, 0.2) is 0 Å². The number of nitrogens with one attached hydrogen (secondary N) is 2. The molecule has 0 aliphatic carbocycles. The molecule has 0 unspecified atom stereocenters. The van der Waals surface area contributed by atoms with E-state index in [1.807, 2.05) is 13.8 Å². The number of carbonyl (C=O) groups excluding carboxylic acids is 3. The number of halogens is 2. The smallest absolute Gasteiger partial charge is 0.250 e. The zero-order valence-electron chi connectivity index (χ0n) is 17.0. The van der Waals surface area contributed by atoms with Crippen LogP contribution in [-0.4, -0.2) is 28.7 Å². The Morgan fingerprint density at radius 3 is 2.48 bits per heavy atom. The number of amides is 3. The van der Waals surface area contributed by atoms with E-state index in [1.165, 1.54) is 17.0 Å². The maximum atomic E-state index is 13.6. The summed E-state index contributed by atoms with van der Waals surface area (Å²) in [6.45, 7) is 3.95. The van der Waals surface area contributed by atoms with Gasteiger partial charge in [-0.25, -0.2) is 4.39 Å². The molecule has 2 fully saturated rings. The molecule has 3 heterocycles. The standard InChI is InChI=1S/C23H21ClFN3O3/c1-11(2)19-17-18(21(30)28(20(17)29)10-12-3-6-14(25)7-4-12)23(27-19)15-9-13(24)5-8-16(15)26-22(23)31/h3-9,11,17-19,27H,10H2,1-2H3,(H,26,31)/t17-,18-,19-,23-/m0/s1. The first-order valence-corrected chi connectivity index (χ1v) is 10.6. The molecule has 1 spiro atoms. The van der Waals surface area contributed by atoms with Crippen LogP contribution in [0.1, 0.15) is 25.0 Å². The summed E-state index contributed by atoms with van der Waals surface area (Å²) in [4.78, 5) is 41.6. The van der Waals surface area contributed by atoms with Gasteiger partial charge in [0.2, 0.25) is 17.7 Å². The molecule has 31 heavy (non-hydrogen) atoms. The summed E-state index contributed by atoms with van der Waals surface area (Å²) >= 11 is 6.23. The molecule has 6 nitrogen and oxygen atoms in total. The third kappa shape index (κ3) is 2.76. The highest BCUT2D eigenvalue weighted by molar-refractivity contribution is 6.31. The molecule has 0 saturated carbocycles. The quantitative estimate of drug-likeness (QED) is 0.717. The Morgan fingerprint density at radius 2 is 1.81 bits per heavy atom. The summed E-state index contributed by atoms with van der Waals surface area (Å²) in [6, 6.07) is 10.4. The van der Waals surface area contributed by atoms with Crippen molar-refractivity contribution < 1.29 is 18.8 Å². The summed E-state index contributed by atoms with van der Waals surface area (Å²) in [5.41, 5.74) is 0.463. The van der Waals surface area contributed by atoms with Crippen LogP contribution >= 0.6 is 11.6 Å². The van der Waals surface area contributed by atoms with Crippen LogP contribution in [0.2, 0.25) is 5.02 Å². The second-order valence-corrected chi connectivity index (χ2v) is 9.20. The van der Waals surface area contributed by atoms with Crippen LogP contribution in [0.3, 0.4) is 0 Å². The van der Waals surface area contributed by atoms with Gasteiger partial charge in [-0.1, -0.05) is 37.6 Å². The van der Waals surface area contributed by atoms with Crippen LogP contribution < -0.4 is 10.6 Å². The second kappa shape index (κ2) is 6.87. The minimum absolute atomic E-state index is 0.00503. The Kier molecular flexibility index (Phi) is 4.46. The van der Waals surface area contributed by atoms with Crippen LogP contribution in [-0.2, 0) is 26.5 Å². The number of imide groups is 1. The first kappa shape index (κ1) is 20.2. The molecule has 4 atom stereocenters. The molecular weight excluding hydrogens is 421 g/mol. The van der Waals surface area contributed by atoms with Crippen molar-refractivity contribution in [3.05, 3.63) is 64.4 Å². The van der Waals surface area contributed by atoms with E-state index >= 15 is 0 Å². The first-order chi connectivity index (χ1) is 14.7. The summed E-state index contributed by atoms with van der Waals surface area (Å²) in [7, 11) is 0. The van der Waals surface area contributed by atoms with Crippen molar-refractivity contribution in [1.82, 2.24) is 10.2 Å². The zero-order valence-corrected chi connectivity index (χ0v) is 17.7. The lowest BCUT2D eigenvalue weighted by molar-refractivity contribution is -0.143. The van der Waals surface area contributed by atoms with E-state index in [0.717, 1.165) is 0 Å². The highest BCUT2D eigenvalue weighted by atomic mass is 35.5. The SMILES string of the molecule is CC(C)[C@@H]1N[C@]2(C(=O)Nc3ccc(Cl)cc32)[C@@H]2C(=O)N(Cc3ccc(F)cc3)C(=O)[C@@H]21. The zero-order chi connectivity index (χ0) is 22.1. The summed E-state index contributed by atoms with van der Waals surface area (Å²) in [6.07, 6.45) is 0. The van der Waals surface area contributed by atoms with Crippen LogP contribution in [0, 0.1) is 23.6 Å². The summed E-state index contributed by atoms with van der Waals surface area (Å²) in [5.74, 6) is -3.02. The van der Waals surface area contributed by atoms with Gasteiger partial charge in [0, 0.05) is 22.3 Å². The number of benzene rings is 2. The molecule has 2 aromatic rings. The lowest BCUT2D eigenvalue weighted by atomic mass is 9.76. The van der Waals surface area contributed by atoms with E-state index in [0.29, 0.717) is 21.8 Å². The molecule has 5 rings (SSSR count). The lowest BCUT2D eigenvalue weighted by Crippen LogP contribution is -2.53. The van der Waals surface area contributed by atoms with E-state index in [4.69, 9.17) is 11.6 Å². The maximum Gasteiger partial charge on any atom is 0.250 e. The van der Waals surface area contributed by atoms with Crippen molar-refractivity contribution in [3.63, 3.8) is 0 Å². The number of anilines is 1. The Morgan fingerprint density at radius 1 is 1.10 bits per heavy atom. The third-order valence-corrected chi connectivity index (χ3v) is 6.91. The van der Waals surface area contributed by atoms with Gasteiger partial charge in [0.1, 0.15) is 11.4 Å². The second-order valence-electron chi connectivity index (χ2n) is 8.76. The lowest BCUT2D eigenvalue weighted by Gasteiger charge is -2.30. The number of rotatable bonds is 3. The van der Waals surface area contributed by atoms with Crippen LogP contribution in [0.4, 0.5) is 10.1 Å². The number of hydrogen-bond donors (Lipinski definition) is 2.